The van der Waals surface area contributed by atoms with E-state index >= 15 is 0 Å². The number of nitrogens with one attached hydrogen (secondary N) is 1. The average molecular weight is 461 g/mol. The van der Waals surface area contributed by atoms with Crippen LogP contribution in [-0.4, -0.2) is 38.6 Å². The lowest BCUT2D eigenvalue weighted by Crippen LogP contribution is -2.53. The number of carboxylic acid groups (broad SMARTS) is 1. The molecule has 2 heterocycles. The first kappa shape index (κ1) is 19.4. The van der Waals surface area contributed by atoms with Crippen molar-refractivity contribution in [2.45, 2.75) is 18.5 Å². The van der Waals surface area contributed by atoms with Gasteiger partial charge >= 0.3 is 5.97 Å². The van der Waals surface area contributed by atoms with Crippen LogP contribution >= 0.6 is 15.9 Å². The van der Waals surface area contributed by atoms with E-state index in [1.807, 2.05) is 0 Å². The van der Waals surface area contributed by atoms with Gasteiger partial charge in [-0.1, -0.05) is 22.0 Å². The molecule has 0 aliphatic carbocycles. The molecule has 2 fully saturated rings. The fraction of sp³-hybridized carbons (Fsp3) is 0.250. The highest BCUT2D eigenvalue weighted by Crippen LogP contribution is 2.51. The standard InChI is InChI=1S/C20H17BrN2O6/c1-20(19(28)29)15-14(16(22-20)12-7-6-11(24)8-13(12)25)17(26)23(18(15)27)10-4-2-9(21)3-5-10/h2-8,14-16,22,24-25H,1H3,(H,28,29). The lowest BCUT2D eigenvalue weighted by atomic mass is 9.80. The molecule has 0 aromatic heterocycles. The summed E-state index contributed by atoms with van der Waals surface area (Å²) >= 11 is 3.30. The molecule has 0 spiro atoms. The molecule has 0 radical (unpaired) electrons. The van der Waals surface area contributed by atoms with Crippen molar-refractivity contribution < 1.29 is 29.7 Å². The minimum atomic E-state index is -1.71. The smallest absolute Gasteiger partial charge is 0.324 e. The Morgan fingerprint density at radius 2 is 1.76 bits per heavy atom. The quantitative estimate of drug-likeness (QED) is 0.516. The van der Waals surface area contributed by atoms with Crippen molar-refractivity contribution in [3.8, 4) is 11.5 Å². The molecule has 2 saturated heterocycles. The van der Waals surface area contributed by atoms with E-state index < -0.39 is 41.2 Å². The molecule has 2 aromatic rings. The molecule has 8 nitrogen and oxygen atoms in total. The van der Waals surface area contributed by atoms with E-state index in [1.165, 1.54) is 19.1 Å². The van der Waals surface area contributed by atoms with Crippen molar-refractivity contribution in [3.63, 3.8) is 0 Å². The third-order valence-corrected chi connectivity index (χ3v) is 6.19. The lowest BCUT2D eigenvalue weighted by Gasteiger charge is -2.27. The Balaban J connectivity index is 1.84. The fourth-order valence-electron chi connectivity index (χ4n) is 4.24. The van der Waals surface area contributed by atoms with E-state index in [0.29, 0.717) is 5.69 Å². The summed E-state index contributed by atoms with van der Waals surface area (Å²) in [4.78, 5) is 39.6. The molecular weight excluding hydrogens is 444 g/mol. The van der Waals surface area contributed by atoms with Gasteiger partial charge in [-0.2, -0.15) is 0 Å². The number of amides is 2. The Bertz CT molecular complexity index is 1040. The van der Waals surface area contributed by atoms with Crippen molar-refractivity contribution in [2.75, 3.05) is 4.90 Å². The van der Waals surface area contributed by atoms with Gasteiger partial charge in [0.15, 0.2) is 0 Å². The molecular formula is C20H17BrN2O6. The van der Waals surface area contributed by atoms with E-state index in [1.54, 1.807) is 24.3 Å². The summed E-state index contributed by atoms with van der Waals surface area (Å²) in [5.74, 6) is -5.08. The second-order valence-corrected chi connectivity index (χ2v) is 8.28. The maximum absolute atomic E-state index is 13.3. The van der Waals surface area contributed by atoms with Gasteiger partial charge in [0.05, 0.1) is 17.5 Å². The second-order valence-electron chi connectivity index (χ2n) is 7.36. The van der Waals surface area contributed by atoms with Crippen LogP contribution in [0, 0.1) is 11.8 Å². The third-order valence-electron chi connectivity index (χ3n) is 5.67. The molecule has 0 saturated carbocycles. The zero-order valence-electron chi connectivity index (χ0n) is 15.2. The predicted molar refractivity (Wildman–Crippen MR) is 105 cm³/mol. The van der Waals surface area contributed by atoms with E-state index in [2.05, 4.69) is 21.2 Å². The number of hydrogen-bond donors (Lipinski definition) is 4. The van der Waals surface area contributed by atoms with Gasteiger partial charge in [-0.25, -0.2) is 4.90 Å². The predicted octanol–water partition coefficient (Wildman–Crippen LogP) is 2.15. The third kappa shape index (κ3) is 2.80. The first-order chi connectivity index (χ1) is 13.6. The van der Waals surface area contributed by atoms with Crippen LogP contribution in [0.25, 0.3) is 0 Å². The first-order valence-corrected chi connectivity index (χ1v) is 9.61. The summed E-state index contributed by atoms with van der Waals surface area (Å²) in [5, 5.41) is 32.6. The van der Waals surface area contributed by atoms with E-state index in [4.69, 9.17) is 0 Å². The van der Waals surface area contributed by atoms with Gasteiger partial charge in [0.2, 0.25) is 11.8 Å². The second kappa shape index (κ2) is 6.57. The molecule has 4 atom stereocenters. The van der Waals surface area contributed by atoms with Crippen LogP contribution in [0.1, 0.15) is 18.5 Å². The molecule has 150 valence electrons. The van der Waals surface area contributed by atoms with Gasteiger partial charge in [-0.15, -0.1) is 0 Å². The normalized spacial score (nSPS) is 28.6. The minimum Gasteiger partial charge on any atom is -0.508 e. The highest BCUT2D eigenvalue weighted by atomic mass is 79.9. The van der Waals surface area contributed by atoms with Crippen molar-refractivity contribution in [3.05, 3.63) is 52.5 Å². The molecule has 2 amide bonds. The number of rotatable bonds is 3. The molecule has 9 heteroatoms. The van der Waals surface area contributed by atoms with Crippen LogP contribution in [0.15, 0.2) is 46.9 Å². The number of anilines is 1. The minimum absolute atomic E-state index is 0.174. The zero-order chi connectivity index (χ0) is 21.1. The van der Waals surface area contributed by atoms with Crippen LogP contribution in [-0.2, 0) is 14.4 Å². The van der Waals surface area contributed by atoms with E-state index in [9.17, 15) is 29.7 Å². The Morgan fingerprint density at radius 3 is 2.34 bits per heavy atom. The number of nitrogens with zero attached hydrogens (tertiary/aromatic N) is 1. The number of aliphatic carboxylic acids is 1. The first-order valence-electron chi connectivity index (χ1n) is 8.81. The van der Waals surface area contributed by atoms with Crippen LogP contribution in [0.2, 0.25) is 0 Å². The molecule has 29 heavy (non-hydrogen) atoms. The largest absolute Gasteiger partial charge is 0.508 e. The van der Waals surface area contributed by atoms with E-state index in [0.717, 1.165) is 15.4 Å². The summed E-state index contributed by atoms with van der Waals surface area (Å²) in [6.07, 6.45) is 0. The number of fused-ring (bicyclic) bond motifs is 1. The van der Waals surface area contributed by atoms with Gasteiger partial charge in [0, 0.05) is 22.1 Å². The zero-order valence-corrected chi connectivity index (χ0v) is 16.8. The van der Waals surface area contributed by atoms with Crippen LogP contribution in [0.5, 0.6) is 11.5 Å². The van der Waals surface area contributed by atoms with Crippen LogP contribution in [0.4, 0.5) is 5.69 Å². The maximum Gasteiger partial charge on any atom is 0.324 e. The number of phenols is 2. The number of carbonyl (C=O) groups is 3. The Hall–Kier alpha value is -2.91. The summed E-state index contributed by atoms with van der Waals surface area (Å²) in [5.41, 5.74) is -1.13. The molecule has 0 bridgehead atoms. The van der Waals surface area contributed by atoms with Gasteiger partial charge in [0.1, 0.15) is 17.0 Å². The van der Waals surface area contributed by atoms with Crippen molar-refractivity contribution in [2.24, 2.45) is 11.8 Å². The number of halogens is 1. The van der Waals surface area contributed by atoms with Crippen molar-refractivity contribution in [1.29, 1.82) is 0 Å². The topological polar surface area (TPSA) is 127 Å². The molecule has 2 aliphatic rings. The van der Waals surface area contributed by atoms with Gasteiger partial charge in [-0.05, 0) is 37.3 Å². The van der Waals surface area contributed by atoms with Crippen molar-refractivity contribution in [1.82, 2.24) is 5.32 Å². The van der Waals surface area contributed by atoms with E-state index in [-0.39, 0.29) is 17.1 Å². The number of imide groups is 1. The van der Waals surface area contributed by atoms with Crippen LogP contribution in [0.3, 0.4) is 0 Å². The maximum atomic E-state index is 13.3. The molecule has 4 rings (SSSR count). The number of carboxylic acids is 1. The number of carbonyl (C=O) groups excluding carboxylic acids is 2. The SMILES string of the molecule is CC1(C(=O)O)NC(c2ccc(O)cc2O)C2C(=O)N(c3ccc(Br)cc3)C(=O)C21. The van der Waals surface area contributed by atoms with Crippen molar-refractivity contribution >= 4 is 39.4 Å². The molecule has 4 N–H and O–H groups in total. The van der Waals surface area contributed by atoms with Gasteiger partial charge in [-0.3, -0.25) is 19.7 Å². The number of phenolic OH excluding ortho intramolecular Hbond substituents is 2. The number of aromatic hydroxyl groups is 2. The number of benzene rings is 2. The summed E-state index contributed by atoms with van der Waals surface area (Å²) < 4.78 is 0.768. The Labute approximate surface area is 173 Å². The molecule has 4 unspecified atom stereocenters. The lowest BCUT2D eigenvalue weighted by molar-refractivity contribution is -0.147. The summed E-state index contributed by atoms with van der Waals surface area (Å²) in [6.45, 7) is 1.36. The Kier molecular flexibility index (Phi) is 4.39. The highest BCUT2D eigenvalue weighted by molar-refractivity contribution is 9.10. The average Bonchev–Trinajstić information content (AvgIpc) is 3.11. The van der Waals surface area contributed by atoms with Gasteiger partial charge < -0.3 is 15.3 Å². The van der Waals surface area contributed by atoms with Crippen LogP contribution < -0.4 is 10.2 Å². The summed E-state index contributed by atoms with van der Waals surface area (Å²) in [7, 11) is 0. The number of hydrogen-bond acceptors (Lipinski definition) is 6. The molecule has 2 aromatic carbocycles. The Morgan fingerprint density at radius 1 is 1.10 bits per heavy atom. The van der Waals surface area contributed by atoms with Gasteiger partial charge in [0.25, 0.3) is 0 Å². The summed E-state index contributed by atoms with van der Waals surface area (Å²) in [6, 6.07) is 9.49. The highest BCUT2D eigenvalue weighted by Gasteiger charge is 2.67. The fourth-order valence-corrected chi connectivity index (χ4v) is 4.51. The monoisotopic (exact) mass is 460 g/mol. The molecule has 2 aliphatic heterocycles.